The summed E-state index contributed by atoms with van der Waals surface area (Å²) in [6.07, 6.45) is -0.999. The van der Waals surface area contributed by atoms with Crippen LogP contribution in [-0.2, 0) is 0 Å². The normalized spacial score (nSPS) is 13.0. The average molecular weight is 237 g/mol. The van der Waals surface area contributed by atoms with Gasteiger partial charge in [0.25, 0.3) is 0 Å². The van der Waals surface area contributed by atoms with Crippen LogP contribution in [0.15, 0.2) is 18.2 Å². The minimum absolute atomic E-state index is 0.0214. The quantitative estimate of drug-likeness (QED) is 0.783. The summed E-state index contributed by atoms with van der Waals surface area (Å²) in [6.45, 7) is 0. The lowest BCUT2D eigenvalue weighted by Gasteiger charge is -2.07. The summed E-state index contributed by atoms with van der Waals surface area (Å²) >= 11 is 2.97. The summed E-state index contributed by atoms with van der Waals surface area (Å²) in [7, 11) is 0. The zero-order valence-electron chi connectivity index (χ0n) is 6.10. The van der Waals surface area contributed by atoms with Gasteiger partial charge in [-0.2, -0.15) is 0 Å². The molecule has 1 aromatic rings. The van der Waals surface area contributed by atoms with Crippen molar-refractivity contribution in [2.45, 2.75) is 6.10 Å². The molecule has 0 saturated carbocycles. The van der Waals surface area contributed by atoms with E-state index in [1.54, 1.807) is 0 Å². The molecule has 12 heavy (non-hydrogen) atoms. The van der Waals surface area contributed by atoms with E-state index >= 15 is 0 Å². The Morgan fingerprint density at radius 3 is 2.67 bits per heavy atom. The van der Waals surface area contributed by atoms with E-state index in [9.17, 15) is 13.9 Å². The highest BCUT2D eigenvalue weighted by molar-refractivity contribution is 9.09. The first-order chi connectivity index (χ1) is 5.65. The summed E-state index contributed by atoms with van der Waals surface area (Å²) < 4.78 is 25.4. The van der Waals surface area contributed by atoms with Gasteiger partial charge < -0.3 is 5.11 Å². The molecule has 1 nitrogen and oxygen atoms in total. The Bertz CT molecular complexity index is 278. The van der Waals surface area contributed by atoms with Gasteiger partial charge in [-0.3, -0.25) is 0 Å². The van der Waals surface area contributed by atoms with Gasteiger partial charge in [-0.1, -0.05) is 15.9 Å². The maximum absolute atomic E-state index is 12.9. The van der Waals surface area contributed by atoms with Crippen LogP contribution < -0.4 is 0 Å². The van der Waals surface area contributed by atoms with E-state index < -0.39 is 17.7 Å². The van der Waals surface area contributed by atoms with Gasteiger partial charge in [-0.05, 0) is 18.2 Å². The molecular weight excluding hydrogens is 230 g/mol. The van der Waals surface area contributed by atoms with Gasteiger partial charge >= 0.3 is 0 Å². The molecule has 0 spiro atoms. The lowest BCUT2D eigenvalue weighted by Crippen LogP contribution is -2.02. The molecule has 1 aromatic carbocycles. The fraction of sp³-hybridized carbons (Fsp3) is 0.250. The Balaban J connectivity index is 3.04. The molecule has 0 heterocycles. The van der Waals surface area contributed by atoms with Crippen molar-refractivity contribution in [3.63, 3.8) is 0 Å². The molecule has 0 fully saturated rings. The number of benzene rings is 1. The molecule has 0 aliphatic carbocycles. The third-order valence-electron chi connectivity index (χ3n) is 1.46. The van der Waals surface area contributed by atoms with Crippen LogP contribution in [0.25, 0.3) is 0 Å². The smallest absolute Gasteiger partial charge is 0.129 e. The lowest BCUT2D eigenvalue weighted by molar-refractivity contribution is 0.199. The van der Waals surface area contributed by atoms with Crippen LogP contribution in [0.3, 0.4) is 0 Å². The van der Waals surface area contributed by atoms with Crippen molar-refractivity contribution in [2.24, 2.45) is 0 Å². The molecule has 0 aliphatic heterocycles. The van der Waals surface area contributed by atoms with Crippen LogP contribution >= 0.6 is 15.9 Å². The first-order valence-electron chi connectivity index (χ1n) is 3.34. The van der Waals surface area contributed by atoms with E-state index in [-0.39, 0.29) is 10.9 Å². The van der Waals surface area contributed by atoms with Crippen molar-refractivity contribution in [1.82, 2.24) is 0 Å². The first-order valence-corrected chi connectivity index (χ1v) is 4.46. The van der Waals surface area contributed by atoms with Crippen molar-refractivity contribution in [1.29, 1.82) is 0 Å². The molecule has 0 radical (unpaired) electrons. The van der Waals surface area contributed by atoms with Crippen molar-refractivity contribution >= 4 is 15.9 Å². The summed E-state index contributed by atoms with van der Waals surface area (Å²) in [4.78, 5) is 0. The minimum Gasteiger partial charge on any atom is -0.387 e. The highest BCUT2D eigenvalue weighted by Gasteiger charge is 2.11. The number of alkyl halides is 1. The summed E-state index contributed by atoms with van der Waals surface area (Å²) in [6, 6.07) is 3.00. The molecule has 0 aliphatic rings. The van der Waals surface area contributed by atoms with Crippen LogP contribution in [0, 0.1) is 11.6 Å². The lowest BCUT2D eigenvalue weighted by atomic mass is 10.1. The van der Waals surface area contributed by atoms with Crippen molar-refractivity contribution in [2.75, 3.05) is 5.33 Å². The Morgan fingerprint density at radius 1 is 1.42 bits per heavy atom. The van der Waals surface area contributed by atoms with Gasteiger partial charge in [-0.25, -0.2) is 8.78 Å². The SMILES string of the molecule is O[C@@H](CBr)c1cc(F)ccc1F. The van der Waals surface area contributed by atoms with Crippen LogP contribution in [0.2, 0.25) is 0 Å². The minimum atomic E-state index is -0.999. The fourth-order valence-electron chi connectivity index (χ4n) is 0.853. The van der Waals surface area contributed by atoms with E-state index in [0.717, 1.165) is 18.2 Å². The highest BCUT2D eigenvalue weighted by atomic mass is 79.9. The van der Waals surface area contributed by atoms with Gasteiger partial charge in [0.1, 0.15) is 11.6 Å². The van der Waals surface area contributed by atoms with E-state index in [1.807, 2.05) is 0 Å². The third kappa shape index (κ3) is 2.01. The zero-order chi connectivity index (χ0) is 9.14. The average Bonchev–Trinajstić information content (AvgIpc) is 2.08. The summed E-state index contributed by atoms with van der Waals surface area (Å²) in [5, 5.41) is 9.37. The fourth-order valence-corrected chi connectivity index (χ4v) is 1.20. The molecule has 0 amide bonds. The van der Waals surface area contributed by atoms with E-state index in [1.165, 1.54) is 0 Å². The van der Waals surface area contributed by atoms with Crippen molar-refractivity contribution in [3.05, 3.63) is 35.4 Å². The second-order valence-electron chi connectivity index (χ2n) is 2.34. The van der Waals surface area contributed by atoms with Crippen LogP contribution in [0.1, 0.15) is 11.7 Å². The van der Waals surface area contributed by atoms with Gasteiger partial charge in [0.2, 0.25) is 0 Å². The second-order valence-corrected chi connectivity index (χ2v) is 2.98. The molecule has 1 N–H and O–H groups in total. The number of halogens is 3. The molecule has 1 atom stereocenters. The Morgan fingerprint density at radius 2 is 2.08 bits per heavy atom. The molecule has 4 heteroatoms. The predicted octanol–water partition coefficient (Wildman–Crippen LogP) is 2.39. The number of rotatable bonds is 2. The molecule has 0 saturated heterocycles. The summed E-state index contributed by atoms with van der Waals surface area (Å²) in [5.41, 5.74) is -0.0214. The topological polar surface area (TPSA) is 20.2 Å². The number of aliphatic hydroxyl groups is 1. The maximum Gasteiger partial charge on any atom is 0.129 e. The zero-order valence-corrected chi connectivity index (χ0v) is 7.68. The number of aliphatic hydroxyl groups excluding tert-OH is 1. The molecule has 1 rings (SSSR count). The van der Waals surface area contributed by atoms with Gasteiger partial charge in [0.05, 0.1) is 6.10 Å². The highest BCUT2D eigenvalue weighted by Crippen LogP contribution is 2.19. The van der Waals surface area contributed by atoms with E-state index in [4.69, 9.17) is 0 Å². The van der Waals surface area contributed by atoms with Crippen LogP contribution in [0.4, 0.5) is 8.78 Å². The number of hydrogen-bond acceptors (Lipinski definition) is 1. The first kappa shape index (κ1) is 9.61. The summed E-state index contributed by atoms with van der Waals surface area (Å²) in [5.74, 6) is -1.14. The Kier molecular flexibility index (Phi) is 3.17. The van der Waals surface area contributed by atoms with Gasteiger partial charge in [0.15, 0.2) is 0 Å². The third-order valence-corrected chi connectivity index (χ3v) is 2.08. The standard InChI is InChI=1S/C8H7BrF2O/c9-4-8(12)6-3-5(10)1-2-7(6)11/h1-3,8,12H,4H2/t8-/m0/s1. The molecule has 0 unspecified atom stereocenters. The van der Waals surface area contributed by atoms with Crippen LogP contribution in [0.5, 0.6) is 0 Å². The monoisotopic (exact) mass is 236 g/mol. The second kappa shape index (κ2) is 3.96. The molecule has 66 valence electrons. The number of hydrogen-bond donors (Lipinski definition) is 1. The predicted molar refractivity (Wildman–Crippen MR) is 45.1 cm³/mol. The molecule has 0 aromatic heterocycles. The maximum atomic E-state index is 12.9. The molecular formula is C8H7BrF2O. The van der Waals surface area contributed by atoms with Crippen LogP contribution in [-0.4, -0.2) is 10.4 Å². The van der Waals surface area contributed by atoms with Gasteiger partial charge in [0, 0.05) is 10.9 Å². The van der Waals surface area contributed by atoms with Crippen molar-refractivity contribution < 1.29 is 13.9 Å². The van der Waals surface area contributed by atoms with E-state index in [0.29, 0.717) is 0 Å². The largest absolute Gasteiger partial charge is 0.387 e. The molecule has 0 bridgehead atoms. The van der Waals surface area contributed by atoms with E-state index in [2.05, 4.69) is 15.9 Å². The Labute approximate surface area is 77.2 Å². The van der Waals surface area contributed by atoms with Crippen molar-refractivity contribution in [3.8, 4) is 0 Å². The van der Waals surface area contributed by atoms with Gasteiger partial charge in [-0.15, -0.1) is 0 Å². The Hall–Kier alpha value is -0.480.